The topological polar surface area (TPSA) is 84.9 Å². The first kappa shape index (κ1) is 27.4. The first-order chi connectivity index (χ1) is 19.5. The summed E-state index contributed by atoms with van der Waals surface area (Å²) in [4.78, 5) is 42.2. The molecule has 2 aliphatic rings. The average Bonchev–Trinajstić information content (AvgIpc) is 3.40. The summed E-state index contributed by atoms with van der Waals surface area (Å²) >= 11 is 0. The summed E-state index contributed by atoms with van der Waals surface area (Å²) < 4.78 is 11.0. The summed E-state index contributed by atoms with van der Waals surface area (Å²) in [7, 11) is 1.63. The van der Waals surface area contributed by atoms with Crippen molar-refractivity contribution in [3.8, 4) is 5.75 Å². The van der Waals surface area contributed by atoms with Crippen LogP contribution in [0.3, 0.4) is 0 Å². The second-order valence-electron chi connectivity index (χ2n) is 10.5. The molecule has 208 valence electrons. The molecule has 1 saturated heterocycles. The number of amides is 2. The summed E-state index contributed by atoms with van der Waals surface area (Å²) in [6.07, 6.45) is 4.18. The van der Waals surface area contributed by atoms with Gasteiger partial charge in [-0.3, -0.25) is 14.4 Å². The molecule has 0 radical (unpaired) electrons. The quantitative estimate of drug-likeness (QED) is 0.359. The van der Waals surface area contributed by atoms with Crippen molar-refractivity contribution in [2.45, 2.75) is 45.6 Å². The highest BCUT2D eigenvalue weighted by atomic mass is 16.5. The molecule has 3 aromatic rings. The number of para-hydroxylation sites is 1. The van der Waals surface area contributed by atoms with Crippen LogP contribution in [0.25, 0.3) is 10.8 Å². The third-order valence-electron chi connectivity index (χ3n) is 8.12. The van der Waals surface area contributed by atoms with Crippen LogP contribution in [0.5, 0.6) is 5.75 Å². The van der Waals surface area contributed by atoms with Crippen LogP contribution in [-0.4, -0.2) is 42.9 Å². The van der Waals surface area contributed by atoms with Gasteiger partial charge in [-0.2, -0.15) is 0 Å². The lowest BCUT2D eigenvalue weighted by molar-refractivity contribution is -0.161. The molecule has 40 heavy (non-hydrogen) atoms. The largest absolute Gasteiger partial charge is 0.496 e. The van der Waals surface area contributed by atoms with Crippen LogP contribution in [0.1, 0.15) is 43.7 Å². The van der Waals surface area contributed by atoms with Crippen LogP contribution < -0.4 is 10.1 Å². The van der Waals surface area contributed by atoms with Crippen molar-refractivity contribution >= 4 is 28.6 Å². The molecular formula is C33H36N2O5. The van der Waals surface area contributed by atoms with Gasteiger partial charge in [0.1, 0.15) is 11.2 Å². The van der Waals surface area contributed by atoms with Gasteiger partial charge in [0.05, 0.1) is 20.3 Å². The normalized spacial score (nSPS) is 20.1. The van der Waals surface area contributed by atoms with Gasteiger partial charge in [0.25, 0.3) is 0 Å². The first-order valence-electron chi connectivity index (χ1n) is 14.0. The molecule has 1 heterocycles. The fourth-order valence-corrected chi connectivity index (χ4v) is 6.23. The molecule has 1 N–H and O–H groups in total. The van der Waals surface area contributed by atoms with Crippen LogP contribution >= 0.6 is 0 Å². The fraction of sp³-hybridized carbons (Fsp3) is 0.364. The molecule has 2 amide bonds. The Balaban J connectivity index is 1.37. The summed E-state index contributed by atoms with van der Waals surface area (Å²) in [6.45, 7) is 2.81. The van der Waals surface area contributed by atoms with Crippen molar-refractivity contribution < 1.29 is 23.9 Å². The fourth-order valence-electron chi connectivity index (χ4n) is 6.23. The molecule has 5 rings (SSSR count). The van der Waals surface area contributed by atoms with Gasteiger partial charge < -0.3 is 19.7 Å². The van der Waals surface area contributed by atoms with E-state index in [9.17, 15) is 14.4 Å². The van der Waals surface area contributed by atoms with E-state index in [1.54, 1.807) is 18.9 Å². The molecule has 0 saturated carbocycles. The van der Waals surface area contributed by atoms with Crippen molar-refractivity contribution in [1.82, 2.24) is 10.2 Å². The molecule has 0 unspecified atom stereocenters. The summed E-state index contributed by atoms with van der Waals surface area (Å²) in [5.74, 6) is -0.486. The highest BCUT2D eigenvalue weighted by Gasteiger charge is 2.55. The number of benzene rings is 3. The summed E-state index contributed by atoms with van der Waals surface area (Å²) in [6, 6.07) is 21.8. The predicted octanol–water partition coefficient (Wildman–Crippen LogP) is 5.17. The van der Waals surface area contributed by atoms with Gasteiger partial charge in [-0.25, -0.2) is 0 Å². The minimum Gasteiger partial charge on any atom is -0.496 e. The van der Waals surface area contributed by atoms with Gasteiger partial charge in [0, 0.05) is 24.6 Å². The van der Waals surface area contributed by atoms with Crippen molar-refractivity contribution in [3.05, 3.63) is 89.6 Å². The Kier molecular flexibility index (Phi) is 8.19. The van der Waals surface area contributed by atoms with Crippen molar-refractivity contribution in [2.24, 2.45) is 11.3 Å². The maximum Gasteiger partial charge on any atom is 0.318 e. The number of piperidine rings is 1. The van der Waals surface area contributed by atoms with Gasteiger partial charge >= 0.3 is 5.97 Å². The first-order valence-corrected chi connectivity index (χ1v) is 14.0. The molecule has 0 spiro atoms. The van der Waals surface area contributed by atoms with Crippen molar-refractivity contribution in [3.63, 3.8) is 0 Å². The second kappa shape index (κ2) is 11.9. The highest BCUT2D eigenvalue weighted by Crippen LogP contribution is 2.51. The Labute approximate surface area is 235 Å². The minimum absolute atomic E-state index is 0.0191. The number of rotatable bonds is 10. The van der Waals surface area contributed by atoms with E-state index in [1.165, 1.54) is 0 Å². The zero-order chi connectivity index (χ0) is 28.1. The predicted molar refractivity (Wildman–Crippen MR) is 153 cm³/mol. The van der Waals surface area contributed by atoms with Gasteiger partial charge in [-0.1, -0.05) is 66.7 Å². The van der Waals surface area contributed by atoms with E-state index >= 15 is 0 Å². The highest BCUT2D eigenvalue weighted by molar-refractivity contribution is 5.93. The zero-order valence-corrected chi connectivity index (χ0v) is 23.2. The van der Waals surface area contributed by atoms with Gasteiger partial charge in [-0.15, -0.1) is 0 Å². The number of hydrogen-bond acceptors (Lipinski definition) is 5. The van der Waals surface area contributed by atoms with Crippen molar-refractivity contribution in [1.29, 1.82) is 0 Å². The van der Waals surface area contributed by atoms with E-state index in [-0.39, 0.29) is 37.2 Å². The Morgan fingerprint density at radius 3 is 2.60 bits per heavy atom. The number of allylic oxidation sites excluding steroid dienone is 1. The standard InChI is InChI=1S/C33H36N2O5/c1-3-40-32(38)33-18-9-16-29(33)35(22-25-13-8-12-23-10-4-6-14-27(23)25)31(37)26(21-33)20-30(36)34-19-17-24-11-5-7-15-28(24)39-2/h4-8,10-16,26H,3,9,17-22H2,1-2H3,(H,34,36)/t26-,33+/m1/s1. The van der Waals surface area contributed by atoms with Gasteiger partial charge in [0.15, 0.2) is 0 Å². The molecule has 1 aliphatic heterocycles. The Bertz CT molecular complexity index is 1440. The number of methoxy groups -OCH3 is 1. The molecule has 1 fully saturated rings. The van der Waals surface area contributed by atoms with Crippen LogP contribution in [-0.2, 0) is 32.1 Å². The average molecular weight is 541 g/mol. The van der Waals surface area contributed by atoms with E-state index in [0.717, 1.165) is 33.3 Å². The van der Waals surface area contributed by atoms with Crippen LogP contribution in [0.2, 0.25) is 0 Å². The lowest BCUT2D eigenvalue weighted by Gasteiger charge is -2.44. The number of carbonyl (C=O) groups is 3. The molecule has 7 nitrogen and oxygen atoms in total. The molecular weight excluding hydrogens is 504 g/mol. The Morgan fingerprint density at radius 1 is 1.02 bits per heavy atom. The van der Waals surface area contributed by atoms with Crippen LogP contribution in [0, 0.1) is 11.3 Å². The summed E-state index contributed by atoms with van der Waals surface area (Å²) in [5.41, 5.74) is 1.80. The van der Waals surface area contributed by atoms with Crippen LogP contribution in [0.4, 0.5) is 0 Å². The monoisotopic (exact) mass is 540 g/mol. The minimum atomic E-state index is -0.920. The molecule has 0 bridgehead atoms. The SMILES string of the molecule is CCOC(=O)[C@]12CCC=C1N(Cc1cccc3ccccc13)C(=O)[C@H](CC(=O)NCCc1ccccc1OC)C2. The van der Waals surface area contributed by atoms with Gasteiger partial charge in [0.2, 0.25) is 11.8 Å². The van der Waals surface area contributed by atoms with Crippen molar-refractivity contribution in [2.75, 3.05) is 20.3 Å². The van der Waals surface area contributed by atoms with Crippen LogP contribution in [0.15, 0.2) is 78.5 Å². The number of nitrogens with one attached hydrogen (secondary N) is 1. The Morgan fingerprint density at radius 2 is 1.77 bits per heavy atom. The Hall–Kier alpha value is -4.13. The maximum atomic E-state index is 14.0. The number of ether oxygens (including phenoxy) is 2. The number of nitrogens with zero attached hydrogens (tertiary/aromatic N) is 1. The molecule has 2 atom stereocenters. The van der Waals surface area contributed by atoms with E-state index in [2.05, 4.69) is 5.32 Å². The number of carbonyl (C=O) groups excluding carboxylic acids is 3. The molecule has 1 aliphatic carbocycles. The smallest absolute Gasteiger partial charge is 0.318 e. The van der Waals surface area contributed by atoms with Gasteiger partial charge in [-0.05, 0) is 60.6 Å². The number of fused-ring (bicyclic) bond motifs is 2. The molecule has 3 aromatic carbocycles. The number of esters is 1. The number of hydrogen-bond donors (Lipinski definition) is 1. The third kappa shape index (κ3) is 5.33. The van der Waals surface area contributed by atoms with E-state index in [1.807, 2.05) is 72.8 Å². The maximum absolute atomic E-state index is 14.0. The lowest BCUT2D eigenvalue weighted by atomic mass is 9.71. The van der Waals surface area contributed by atoms with E-state index < -0.39 is 11.3 Å². The van der Waals surface area contributed by atoms with E-state index in [0.29, 0.717) is 32.4 Å². The lowest BCUT2D eigenvalue weighted by Crippen LogP contribution is -2.52. The second-order valence-corrected chi connectivity index (χ2v) is 10.5. The molecule has 0 aromatic heterocycles. The number of likely N-dealkylation sites (tertiary alicyclic amines) is 1. The third-order valence-corrected chi connectivity index (χ3v) is 8.12. The molecule has 7 heteroatoms. The van der Waals surface area contributed by atoms with E-state index in [4.69, 9.17) is 9.47 Å². The zero-order valence-electron chi connectivity index (χ0n) is 23.2. The summed E-state index contributed by atoms with van der Waals surface area (Å²) in [5, 5.41) is 5.12.